The van der Waals surface area contributed by atoms with Crippen molar-refractivity contribution in [2.45, 2.75) is 13.1 Å². The van der Waals surface area contributed by atoms with E-state index in [0.717, 1.165) is 0 Å². The molecular formula is C18H13FN4O3. The number of hydrogen-bond donors (Lipinski definition) is 0. The molecule has 0 bridgehead atoms. The molecule has 3 aromatic heterocycles. The van der Waals surface area contributed by atoms with E-state index in [1.807, 2.05) is 0 Å². The second-order valence-electron chi connectivity index (χ2n) is 5.63. The van der Waals surface area contributed by atoms with Gasteiger partial charge in [-0.2, -0.15) is 0 Å². The molecule has 0 N–H and O–H groups in total. The fourth-order valence-electron chi connectivity index (χ4n) is 2.61. The van der Waals surface area contributed by atoms with Crippen molar-refractivity contribution in [3.8, 4) is 0 Å². The summed E-state index contributed by atoms with van der Waals surface area (Å²) in [5, 5.41) is 0.626. The number of para-hydroxylation sites is 1. The van der Waals surface area contributed by atoms with E-state index in [1.165, 1.54) is 36.3 Å². The Bertz CT molecular complexity index is 996. The molecule has 0 spiro atoms. The van der Waals surface area contributed by atoms with Crippen molar-refractivity contribution < 1.29 is 18.0 Å². The largest absolute Gasteiger partial charge is 0.451 e. The number of carbonyl (C=O) groups excluding carboxylic acids is 1. The average Bonchev–Trinajstić information content (AvgIpc) is 3.35. The van der Waals surface area contributed by atoms with Crippen LogP contribution in [0.3, 0.4) is 0 Å². The van der Waals surface area contributed by atoms with Crippen LogP contribution in [0.25, 0.3) is 10.9 Å². The maximum atomic E-state index is 14.0. The molecule has 1 amide bonds. The summed E-state index contributed by atoms with van der Waals surface area (Å²) in [6, 6.07) is 7.89. The summed E-state index contributed by atoms with van der Waals surface area (Å²) >= 11 is 0. The summed E-state index contributed by atoms with van der Waals surface area (Å²) in [6.07, 6.45) is 5.49. The number of halogens is 1. The summed E-state index contributed by atoms with van der Waals surface area (Å²) in [5.41, 5.74) is 1.44. The summed E-state index contributed by atoms with van der Waals surface area (Å²) < 4.78 is 23.9. The quantitative estimate of drug-likeness (QED) is 0.548. The van der Waals surface area contributed by atoms with Gasteiger partial charge in [0.1, 0.15) is 29.6 Å². The fourth-order valence-corrected chi connectivity index (χ4v) is 2.61. The Hall–Kier alpha value is -3.55. The summed E-state index contributed by atoms with van der Waals surface area (Å²) in [6.45, 7) is 0.387. The van der Waals surface area contributed by atoms with E-state index >= 15 is 0 Å². The number of amides is 1. The van der Waals surface area contributed by atoms with Gasteiger partial charge in [-0.25, -0.2) is 19.3 Å². The van der Waals surface area contributed by atoms with Crippen LogP contribution in [0.4, 0.5) is 4.39 Å². The van der Waals surface area contributed by atoms with Crippen molar-refractivity contribution in [1.82, 2.24) is 19.9 Å². The predicted octanol–water partition coefficient (Wildman–Crippen LogP) is 3.19. The summed E-state index contributed by atoms with van der Waals surface area (Å²) in [5.74, 6) is -0.849. The number of rotatable bonds is 5. The number of nitrogens with zero attached hydrogens (tertiary/aromatic N) is 4. The highest BCUT2D eigenvalue weighted by Crippen LogP contribution is 2.18. The van der Waals surface area contributed by atoms with E-state index in [2.05, 4.69) is 15.0 Å². The maximum Gasteiger partial charge on any atom is 0.273 e. The van der Waals surface area contributed by atoms with Gasteiger partial charge in [0.15, 0.2) is 12.8 Å². The Balaban J connectivity index is 1.67. The van der Waals surface area contributed by atoms with Crippen LogP contribution in [-0.4, -0.2) is 25.8 Å². The highest BCUT2D eigenvalue weighted by atomic mass is 19.1. The molecule has 0 fully saturated rings. The Labute approximate surface area is 147 Å². The zero-order chi connectivity index (χ0) is 17.9. The van der Waals surface area contributed by atoms with E-state index < -0.39 is 5.82 Å². The molecule has 0 aliphatic rings. The predicted molar refractivity (Wildman–Crippen MR) is 88.3 cm³/mol. The van der Waals surface area contributed by atoms with Gasteiger partial charge < -0.3 is 13.7 Å². The third kappa shape index (κ3) is 3.16. The van der Waals surface area contributed by atoms with Gasteiger partial charge in [-0.3, -0.25) is 4.79 Å². The Kier molecular flexibility index (Phi) is 4.14. The molecule has 3 heterocycles. The first-order valence-corrected chi connectivity index (χ1v) is 7.79. The molecule has 0 saturated carbocycles. The van der Waals surface area contributed by atoms with Gasteiger partial charge in [-0.05, 0) is 12.1 Å². The number of aromatic nitrogens is 3. The van der Waals surface area contributed by atoms with Crippen molar-refractivity contribution in [2.75, 3.05) is 0 Å². The second kappa shape index (κ2) is 6.75. The lowest BCUT2D eigenvalue weighted by Crippen LogP contribution is -2.31. The number of pyridine rings is 1. The number of carbonyl (C=O) groups is 1. The van der Waals surface area contributed by atoms with Crippen LogP contribution >= 0.6 is 0 Å². The molecule has 7 nitrogen and oxygen atoms in total. The molecule has 0 aliphatic heterocycles. The molecule has 0 unspecified atom stereocenters. The lowest BCUT2D eigenvalue weighted by molar-refractivity contribution is 0.0720. The van der Waals surface area contributed by atoms with E-state index in [1.54, 1.807) is 24.3 Å². The van der Waals surface area contributed by atoms with E-state index in [0.29, 0.717) is 16.8 Å². The standard InChI is InChI=1S/C18H13FN4O3/c19-15-3-1-2-12-4-5-16(22-17(12)15)18(24)23(6-13-8-25-10-20-13)7-14-9-26-11-21-14/h1-5,8-11H,6-7H2. The van der Waals surface area contributed by atoms with Crippen molar-refractivity contribution in [3.63, 3.8) is 0 Å². The second-order valence-corrected chi connectivity index (χ2v) is 5.63. The highest BCUT2D eigenvalue weighted by molar-refractivity contribution is 5.94. The molecule has 4 rings (SSSR count). The van der Waals surface area contributed by atoms with Gasteiger partial charge in [0.05, 0.1) is 24.5 Å². The van der Waals surface area contributed by atoms with Crippen LogP contribution in [0.2, 0.25) is 0 Å². The first kappa shape index (κ1) is 15.9. The molecule has 4 aromatic rings. The number of hydrogen-bond acceptors (Lipinski definition) is 6. The van der Waals surface area contributed by atoms with Crippen LogP contribution in [0.1, 0.15) is 21.9 Å². The van der Waals surface area contributed by atoms with Crippen LogP contribution in [0, 0.1) is 5.82 Å². The number of fused-ring (bicyclic) bond motifs is 1. The van der Waals surface area contributed by atoms with Crippen LogP contribution in [0.15, 0.2) is 64.5 Å². The summed E-state index contributed by atoms with van der Waals surface area (Å²) in [4.78, 5) is 26.7. The fraction of sp³-hybridized carbons (Fsp3) is 0.111. The molecule has 8 heteroatoms. The van der Waals surface area contributed by atoms with Gasteiger partial charge >= 0.3 is 0 Å². The monoisotopic (exact) mass is 352 g/mol. The van der Waals surface area contributed by atoms with Gasteiger partial charge in [-0.1, -0.05) is 18.2 Å². The summed E-state index contributed by atoms with van der Waals surface area (Å²) in [7, 11) is 0. The molecule has 0 saturated heterocycles. The minimum atomic E-state index is -0.475. The number of benzene rings is 1. The van der Waals surface area contributed by atoms with Crippen molar-refractivity contribution in [3.05, 3.63) is 78.5 Å². The van der Waals surface area contributed by atoms with E-state index in [9.17, 15) is 9.18 Å². The first-order valence-electron chi connectivity index (χ1n) is 7.79. The first-order chi connectivity index (χ1) is 12.7. The van der Waals surface area contributed by atoms with Gasteiger partial charge in [0, 0.05) is 5.39 Å². The highest BCUT2D eigenvalue weighted by Gasteiger charge is 2.21. The maximum absolute atomic E-state index is 14.0. The molecule has 1 aromatic carbocycles. The SMILES string of the molecule is O=C(c1ccc2cccc(F)c2n1)N(Cc1cocn1)Cc1cocn1. The Morgan fingerprint density at radius 1 is 1.00 bits per heavy atom. The smallest absolute Gasteiger partial charge is 0.273 e. The van der Waals surface area contributed by atoms with E-state index in [4.69, 9.17) is 8.83 Å². The van der Waals surface area contributed by atoms with Crippen molar-refractivity contribution >= 4 is 16.8 Å². The molecule has 26 heavy (non-hydrogen) atoms. The molecular weight excluding hydrogens is 339 g/mol. The Morgan fingerprint density at radius 2 is 1.69 bits per heavy atom. The van der Waals surface area contributed by atoms with E-state index in [-0.39, 0.29) is 30.2 Å². The minimum absolute atomic E-state index is 0.134. The third-order valence-corrected chi connectivity index (χ3v) is 3.85. The molecule has 0 atom stereocenters. The van der Waals surface area contributed by atoms with Crippen molar-refractivity contribution in [1.29, 1.82) is 0 Å². The Morgan fingerprint density at radius 3 is 2.31 bits per heavy atom. The van der Waals surface area contributed by atoms with Gasteiger partial charge in [0.25, 0.3) is 5.91 Å². The van der Waals surface area contributed by atoms with Crippen molar-refractivity contribution in [2.24, 2.45) is 0 Å². The topological polar surface area (TPSA) is 85.3 Å². The van der Waals surface area contributed by atoms with Gasteiger partial charge in [0.2, 0.25) is 0 Å². The average molecular weight is 352 g/mol. The lowest BCUT2D eigenvalue weighted by Gasteiger charge is -2.20. The minimum Gasteiger partial charge on any atom is -0.451 e. The third-order valence-electron chi connectivity index (χ3n) is 3.85. The normalized spacial score (nSPS) is 11.0. The zero-order valence-electron chi connectivity index (χ0n) is 13.5. The number of oxazole rings is 2. The van der Waals surface area contributed by atoms with Crippen LogP contribution in [-0.2, 0) is 13.1 Å². The van der Waals surface area contributed by atoms with Crippen LogP contribution < -0.4 is 0 Å². The molecule has 0 aliphatic carbocycles. The lowest BCUT2D eigenvalue weighted by atomic mass is 10.2. The molecule has 130 valence electrons. The van der Waals surface area contributed by atoms with Gasteiger partial charge in [-0.15, -0.1) is 0 Å². The van der Waals surface area contributed by atoms with Crippen LogP contribution in [0.5, 0.6) is 0 Å². The zero-order valence-corrected chi connectivity index (χ0v) is 13.5. The molecule has 0 radical (unpaired) electrons.